The normalized spacial score (nSPS) is 36.8. The van der Waals surface area contributed by atoms with Crippen LogP contribution in [0.15, 0.2) is 0 Å². The molecule has 0 spiro atoms. The Labute approximate surface area is 887 Å². The number of ether oxygens (including phenoxy) is 15. The van der Waals surface area contributed by atoms with Gasteiger partial charge >= 0.3 is 17.9 Å². The highest BCUT2D eigenvalue weighted by Gasteiger charge is 2.53. The van der Waals surface area contributed by atoms with Gasteiger partial charge in [-0.15, -0.1) is 0 Å². The molecule has 0 saturated carbocycles. The number of cyclic esters (lactones) is 2. The first-order valence-electron chi connectivity index (χ1n) is 57.5. The van der Waals surface area contributed by atoms with E-state index < -0.39 is 303 Å². The molecular formula is C108H198O42. The summed E-state index contributed by atoms with van der Waals surface area (Å²) in [4.78, 5) is 42.0. The maximum absolute atomic E-state index is 14.2. The number of aliphatic hydroxyl groups is 24. The zero-order chi connectivity index (χ0) is 109. The molecule has 24 N–H and O–H groups in total. The van der Waals surface area contributed by atoms with Gasteiger partial charge in [0.1, 0.15) is 166 Å². The average molecular weight is 2170 g/mol. The number of unbranched alkanes of at least 4 members (excludes halogenated alkanes) is 16. The first-order chi connectivity index (χ1) is 72.0. The largest absolute Gasteiger partial charge is 0.463 e. The second-order valence-electron chi connectivity index (χ2n) is 43.7. The molecule has 42 heteroatoms. The number of aliphatic hydroxyl groups excluding tert-OH is 24. The fourth-order valence-electron chi connectivity index (χ4n) is 20.9. The van der Waals surface area contributed by atoms with Gasteiger partial charge in [-0.1, -0.05) is 270 Å². The van der Waals surface area contributed by atoms with E-state index in [1.807, 2.05) is 0 Å². The minimum absolute atomic E-state index is 0.171. The van der Waals surface area contributed by atoms with Crippen molar-refractivity contribution in [3.8, 4) is 0 Å². The number of fused-ring (bicyclic) bond motifs is 4. The van der Waals surface area contributed by atoms with E-state index in [4.69, 9.17) is 71.1 Å². The summed E-state index contributed by atoms with van der Waals surface area (Å²) in [5.74, 6) is -2.56. The summed E-state index contributed by atoms with van der Waals surface area (Å²) in [5, 5.41) is 257. The molecule has 42 nitrogen and oxygen atoms in total. The third-order valence-corrected chi connectivity index (χ3v) is 30.5. The molecular weight excluding hydrogens is 1970 g/mol. The molecule has 4 bridgehead atoms. The highest BCUT2D eigenvalue weighted by atomic mass is 16.8. The van der Waals surface area contributed by atoms with E-state index in [2.05, 4.69) is 0 Å². The van der Waals surface area contributed by atoms with Gasteiger partial charge in [0, 0.05) is 0 Å². The first-order valence-corrected chi connectivity index (χ1v) is 57.5. The number of carbonyl (C=O) groups excluding carboxylic acids is 3. The number of carbonyl (C=O) groups is 3. The molecule has 7 rings (SSSR count). The smallest absolute Gasteiger partial charge is 0.308 e. The molecule has 7 aliphatic rings. The molecule has 0 unspecified atom stereocenters. The maximum Gasteiger partial charge on any atom is 0.308 e. The molecule has 0 amide bonds. The van der Waals surface area contributed by atoms with Crippen LogP contribution in [-0.4, -0.2) is 419 Å². The van der Waals surface area contributed by atoms with Crippen LogP contribution in [0.5, 0.6) is 0 Å². The Morgan fingerprint density at radius 3 is 0.893 bits per heavy atom. The highest BCUT2D eigenvalue weighted by Crippen LogP contribution is 2.37. The second-order valence-corrected chi connectivity index (χ2v) is 43.7. The molecule has 0 aromatic heterocycles. The van der Waals surface area contributed by atoms with Crippen LogP contribution < -0.4 is 0 Å². The number of rotatable bonds is 47. The van der Waals surface area contributed by atoms with E-state index >= 15 is 0 Å². The molecule has 0 aromatic carbocycles. The van der Waals surface area contributed by atoms with Crippen molar-refractivity contribution in [2.45, 2.75) is 626 Å². The van der Waals surface area contributed by atoms with Crippen molar-refractivity contribution in [2.75, 3.05) is 39.6 Å². The molecule has 39 atom stereocenters. The van der Waals surface area contributed by atoms with Crippen LogP contribution in [0.1, 0.15) is 387 Å². The Morgan fingerprint density at radius 1 is 0.287 bits per heavy atom. The van der Waals surface area contributed by atoms with Crippen LogP contribution in [0.25, 0.3) is 0 Å². The summed E-state index contributed by atoms with van der Waals surface area (Å²) < 4.78 is 90.3. The monoisotopic (exact) mass is 2170 g/mol. The molecule has 7 heterocycles. The van der Waals surface area contributed by atoms with Crippen molar-refractivity contribution in [1.82, 2.24) is 0 Å². The predicted molar refractivity (Wildman–Crippen MR) is 542 cm³/mol. The van der Waals surface area contributed by atoms with E-state index in [0.717, 1.165) is 231 Å². The van der Waals surface area contributed by atoms with Gasteiger partial charge in [0.2, 0.25) is 0 Å². The minimum atomic E-state index is -1.94. The lowest BCUT2D eigenvalue weighted by atomic mass is 9.98. The Morgan fingerprint density at radius 2 is 0.553 bits per heavy atom. The van der Waals surface area contributed by atoms with E-state index in [-0.39, 0.29) is 31.8 Å². The molecule has 0 aromatic rings. The van der Waals surface area contributed by atoms with E-state index in [9.17, 15) is 137 Å². The van der Waals surface area contributed by atoms with E-state index in [1.54, 1.807) is 20.8 Å². The summed E-state index contributed by atoms with van der Waals surface area (Å²) in [6, 6.07) is 0. The van der Waals surface area contributed by atoms with Crippen LogP contribution in [-0.2, 0) is 85.4 Å². The van der Waals surface area contributed by atoms with Crippen molar-refractivity contribution in [1.29, 1.82) is 0 Å². The van der Waals surface area contributed by atoms with Crippen LogP contribution in [0.3, 0.4) is 0 Å². The lowest BCUT2D eigenvalue weighted by molar-refractivity contribution is -0.315. The fraction of sp³-hybridized carbons (Fsp3) is 0.972. The third-order valence-electron chi connectivity index (χ3n) is 30.5. The van der Waals surface area contributed by atoms with Gasteiger partial charge in [-0.3, -0.25) is 14.4 Å². The summed E-state index contributed by atoms with van der Waals surface area (Å²) in [6.45, 7) is 1.33. The molecule has 7 fully saturated rings. The molecule has 7 saturated heterocycles. The van der Waals surface area contributed by atoms with Crippen molar-refractivity contribution < 1.29 is 208 Å². The number of hydrogen-bond acceptors (Lipinski definition) is 42. The molecule has 0 aliphatic carbocycles. The van der Waals surface area contributed by atoms with Gasteiger partial charge in [-0.2, -0.15) is 0 Å². The maximum atomic E-state index is 14.2. The Bertz CT molecular complexity index is 3400. The van der Waals surface area contributed by atoms with Crippen LogP contribution in [0.4, 0.5) is 0 Å². The van der Waals surface area contributed by atoms with Crippen LogP contribution >= 0.6 is 0 Å². The Hall–Kier alpha value is -3.03. The molecule has 0 radical (unpaired) electrons. The zero-order valence-corrected chi connectivity index (χ0v) is 89.6. The Balaban J connectivity index is 0.967. The van der Waals surface area contributed by atoms with Gasteiger partial charge in [0.25, 0.3) is 0 Å². The van der Waals surface area contributed by atoms with Gasteiger partial charge in [-0.05, 0) is 97.8 Å². The number of hydrogen-bond donors (Lipinski definition) is 24. The third kappa shape index (κ3) is 49.7. The van der Waals surface area contributed by atoms with E-state index in [0.29, 0.717) is 96.3 Å². The standard InChI is InChI=1S/C108H198O42/c1-67(112)46-34-31-43-52-70(139-103-97(130)91(124)85(118)76(61-109)145-103)49-37-25-19-13-7-4-10-16-23-29-41-56-74(143-107-99(132)93(126)87(120)78(63-111)147-107)59-83(116)138-66-81-90(123)96(129)102(135)108(150-81)144-75-57-42-30-24-18-12-6-9-15-21-27-38-50-71(53-44-32-35-47-68(2)113)140-104-100(133)94(127)88(121)79(148-104)64-136-82(115)58-73(142-106-98(131)92(125)86(119)77(62-110)146-106)55-40-28-22-17-11-5-8-14-20-26-39-51-72(54-45-33-36-48-69(3)114)141-105-101(134)95(128)89(122)80(149-105)65-137-84(117)60-75/h67-81,85-114,118-135H,4-66H2,1-3H3/t67-,68-,69-,70-,71-,72-,73-,74-,75-,76-,77-,78-,79-,80-,81-,85-,86-,87-,88-,89-,90-,91+,92+,93+,94+,95+,96+,97-,98-,99-,100-,101-,102-,103-,104-,105-,106-,107-,108-/m1/s1. The predicted octanol–water partition coefficient (Wildman–Crippen LogP) is 5.14. The topological polar surface area (TPSA) is 675 Å². The highest BCUT2D eigenvalue weighted by molar-refractivity contribution is 5.71. The van der Waals surface area contributed by atoms with Crippen molar-refractivity contribution in [3.05, 3.63) is 0 Å². The number of esters is 3. The van der Waals surface area contributed by atoms with Crippen LogP contribution in [0, 0.1) is 0 Å². The Kier molecular flexibility index (Phi) is 67.8. The molecule has 882 valence electrons. The summed E-state index contributed by atoms with van der Waals surface area (Å²) in [7, 11) is 0. The van der Waals surface area contributed by atoms with Crippen molar-refractivity contribution >= 4 is 17.9 Å². The summed E-state index contributed by atoms with van der Waals surface area (Å²) in [6.07, 6.45) is -13.5. The average Bonchev–Trinajstić information content (AvgIpc) is 0.815. The van der Waals surface area contributed by atoms with Gasteiger partial charge in [0.05, 0.1) is 94.0 Å². The van der Waals surface area contributed by atoms with Gasteiger partial charge in [-0.25, -0.2) is 0 Å². The summed E-state index contributed by atoms with van der Waals surface area (Å²) in [5.41, 5.74) is 0. The molecule has 7 aliphatic heterocycles. The lowest BCUT2D eigenvalue weighted by Gasteiger charge is -2.41. The quantitative estimate of drug-likeness (QED) is 0.0213. The zero-order valence-electron chi connectivity index (χ0n) is 89.6. The van der Waals surface area contributed by atoms with Gasteiger partial charge < -0.3 is 194 Å². The fourth-order valence-corrected chi connectivity index (χ4v) is 20.9. The van der Waals surface area contributed by atoms with E-state index in [1.165, 1.54) is 0 Å². The summed E-state index contributed by atoms with van der Waals surface area (Å²) >= 11 is 0. The van der Waals surface area contributed by atoms with Gasteiger partial charge in [0.15, 0.2) is 37.7 Å². The molecule has 150 heavy (non-hydrogen) atoms. The van der Waals surface area contributed by atoms with Crippen molar-refractivity contribution in [2.24, 2.45) is 0 Å². The lowest BCUT2D eigenvalue weighted by Crippen LogP contribution is -2.60. The minimum Gasteiger partial charge on any atom is -0.463 e. The SMILES string of the molecule is C[C@@H](O)CCCCC[C@@H](CCCCCCCCCCCCC[C@H](CC(=O)OC[C@H]1O[C@@H](O[C@@H]2CCCCCCCCCCCCC[C@H](CCCCC[C@@H](C)O)O[C@@H]3O[C@H](COC(=O)C[C@H](O[C@@H]4O[C@H](CO)[C@@H](O)[C@H](O)[C@H]4O)CCCCCCCCCCCCC[C@H](CCCCC[C@@H](C)O)O[C@@H]4O[C@H](COC(=O)C2)[C@@H](O)[C@H](O)[C@H]4O)[C@@H](O)[C@H](O)[C@H]3O)[C@H](O)[C@@H](O)[C@@H]1O)O[C@@H]1O[C@H](CO)[C@@H](O)[C@H](O)[C@H]1O)O[C@@H]1O[C@H](CO)[C@@H](O)[C@H](O)[C@H]1O. The second kappa shape index (κ2) is 76.0. The first kappa shape index (κ1) is 134. The van der Waals surface area contributed by atoms with Crippen molar-refractivity contribution in [3.63, 3.8) is 0 Å². The van der Waals surface area contributed by atoms with Crippen LogP contribution in [0.2, 0.25) is 0 Å².